The minimum atomic E-state index is -1.51. The maximum atomic E-state index is 13.9. The zero-order valence-corrected chi connectivity index (χ0v) is 26.7. The highest BCUT2D eigenvalue weighted by molar-refractivity contribution is 7.09. The van der Waals surface area contributed by atoms with E-state index in [9.17, 15) is 30.0 Å². The Kier molecular flexibility index (Phi) is 11.2. The number of thiazole rings is 1. The van der Waals surface area contributed by atoms with Crippen LogP contribution in [0.25, 0.3) is 6.08 Å². The number of aliphatic hydroxyl groups excluding tert-OH is 4. The molecule has 0 amide bonds. The van der Waals surface area contributed by atoms with E-state index < -0.39 is 66.8 Å². The van der Waals surface area contributed by atoms with Crippen molar-refractivity contribution in [2.75, 3.05) is 6.61 Å². The number of hydrogen-bond acceptors (Lipinski definition) is 12. The van der Waals surface area contributed by atoms with Crippen LogP contribution in [0.1, 0.15) is 77.4 Å². The van der Waals surface area contributed by atoms with Gasteiger partial charge in [-0.2, -0.15) is 0 Å². The highest BCUT2D eigenvalue weighted by atomic mass is 32.1. The number of cyclic esters (lactones) is 1. The first-order valence-electron chi connectivity index (χ1n) is 15.2. The summed E-state index contributed by atoms with van der Waals surface area (Å²) in [5.74, 6) is -1.87. The van der Waals surface area contributed by atoms with Gasteiger partial charge in [0.25, 0.3) is 0 Å². The molecule has 3 fully saturated rings. The molecule has 0 bridgehead atoms. The van der Waals surface area contributed by atoms with Gasteiger partial charge >= 0.3 is 5.97 Å². The van der Waals surface area contributed by atoms with E-state index in [0.717, 1.165) is 35.5 Å². The number of esters is 1. The van der Waals surface area contributed by atoms with Crippen LogP contribution < -0.4 is 0 Å². The Balaban J connectivity index is 1.63. The van der Waals surface area contributed by atoms with Crippen LogP contribution in [0.2, 0.25) is 0 Å². The molecule has 242 valence electrons. The fourth-order valence-electron chi connectivity index (χ4n) is 6.13. The van der Waals surface area contributed by atoms with Crippen molar-refractivity contribution in [1.82, 2.24) is 4.98 Å². The van der Waals surface area contributed by atoms with Crippen LogP contribution in [0.5, 0.6) is 0 Å². The molecule has 1 aromatic rings. The minimum absolute atomic E-state index is 0.0359. The number of ketones is 1. The van der Waals surface area contributed by atoms with Crippen molar-refractivity contribution in [3.05, 3.63) is 21.7 Å². The van der Waals surface area contributed by atoms with Crippen LogP contribution in [0, 0.1) is 24.2 Å². The zero-order chi connectivity index (χ0) is 31.6. The second-order valence-electron chi connectivity index (χ2n) is 12.9. The van der Waals surface area contributed by atoms with E-state index in [0.29, 0.717) is 6.42 Å². The topological polar surface area (TPSA) is 168 Å². The van der Waals surface area contributed by atoms with Crippen LogP contribution in [-0.4, -0.2) is 98.9 Å². The number of aromatic nitrogens is 1. The second kappa shape index (κ2) is 14.1. The van der Waals surface area contributed by atoms with Gasteiger partial charge in [-0.05, 0) is 44.3 Å². The van der Waals surface area contributed by atoms with Crippen LogP contribution in [0.4, 0.5) is 0 Å². The Hall–Kier alpha value is -1.77. The van der Waals surface area contributed by atoms with E-state index in [-0.39, 0.29) is 30.3 Å². The minimum Gasteiger partial charge on any atom is -0.458 e. The van der Waals surface area contributed by atoms with Gasteiger partial charge in [0.2, 0.25) is 0 Å². The van der Waals surface area contributed by atoms with Crippen LogP contribution >= 0.6 is 11.3 Å². The molecule has 3 aliphatic heterocycles. The molecule has 3 saturated heterocycles. The van der Waals surface area contributed by atoms with E-state index in [1.807, 2.05) is 32.2 Å². The second-order valence-corrected chi connectivity index (χ2v) is 14.0. The Morgan fingerprint density at radius 3 is 2.47 bits per heavy atom. The summed E-state index contributed by atoms with van der Waals surface area (Å²) in [6.07, 6.45) is -3.78. The smallest absolute Gasteiger partial charge is 0.309 e. The number of aliphatic hydroxyl groups is 4. The molecule has 43 heavy (non-hydrogen) atoms. The highest BCUT2D eigenvalue weighted by Gasteiger charge is 2.50. The monoisotopic (exact) mass is 625 g/mol. The molecule has 12 heteroatoms. The summed E-state index contributed by atoms with van der Waals surface area (Å²) in [4.78, 5) is 32.0. The van der Waals surface area contributed by atoms with Crippen molar-refractivity contribution < 1.29 is 49.0 Å². The molecule has 0 unspecified atom stereocenters. The van der Waals surface area contributed by atoms with E-state index in [4.69, 9.17) is 18.9 Å². The number of aryl methyl sites for hydroxylation is 1. The van der Waals surface area contributed by atoms with Crippen LogP contribution in [-0.2, 0) is 28.5 Å². The molecule has 3 aliphatic rings. The summed E-state index contributed by atoms with van der Waals surface area (Å²) in [5, 5.41) is 44.3. The predicted molar refractivity (Wildman–Crippen MR) is 158 cm³/mol. The maximum Gasteiger partial charge on any atom is 0.309 e. The largest absolute Gasteiger partial charge is 0.458 e. The number of hydrogen-bond donors (Lipinski definition) is 4. The summed E-state index contributed by atoms with van der Waals surface area (Å²) < 4.78 is 23.6. The standard InChI is InChI=1S/C31H47NO10S/c1-15-8-7-9-20-22(39-20)11-21(16(2)10-19-14-43-18(4)32-19)40-25(34)12-24(31(5,6)29(38)17(3)26(15)35)42-30-28(37)27(36)23(13-33)41-30/h10,14-15,17,20-24,26-28,30,33,35-37H,7-9,11-13H2,1-6H3/b16-10+/t15-,17+,20+,21-,22-,23+,24-,26-,27-,28+,30+/m0/s1. The molecule has 4 N–H and O–H groups in total. The third-order valence-corrected chi connectivity index (χ3v) is 9.97. The number of carbonyl (C=O) groups is 2. The number of rotatable bonds is 5. The Morgan fingerprint density at radius 1 is 1.12 bits per heavy atom. The number of epoxide rings is 1. The van der Waals surface area contributed by atoms with Gasteiger partial charge in [0.05, 0.1) is 53.6 Å². The molecular formula is C31H47NO10S. The van der Waals surface area contributed by atoms with Gasteiger partial charge < -0.3 is 39.4 Å². The molecule has 1 aromatic heterocycles. The van der Waals surface area contributed by atoms with Crippen molar-refractivity contribution in [1.29, 1.82) is 0 Å². The van der Waals surface area contributed by atoms with Crippen molar-refractivity contribution in [3.63, 3.8) is 0 Å². The summed E-state index contributed by atoms with van der Waals surface area (Å²) >= 11 is 1.53. The van der Waals surface area contributed by atoms with E-state index in [1.54, 1.807) is 20.8 Å². The molecular weight excluding hydrogens is 578 g/mol. The molecule has 4 rings (SSSR count). The third kappa shape index (κ3) is 8.09. The van der Waals surface area contributed by atoms with E-state index >= 15 is 0 Å². The number of Topliss-reactive ketones (excluding diaryl/α,β-unsaturated/α-hetero) is 1. The fourth-order valence-corrected chi connectivity index (χ4v) is 6.70. The van der Waals surface area contributed by atoms with Gasteiger partial charge in [0.1, 0.15) is 30.2 Å². The number of ether oxygens (including phenoxy) is 4. The van der Waals surface area contributed by atoms with E-state index in [2.05, 4.69) is 4.98 Å². The first kappa shape index (κ1) is 34.1. The van der Waals surface area contributed by atoms with Crippen LogP contribution in [0.15, 0.2) is 11.0 Å². The normalized spacial score (nSPS) is 39.8. The number of nitrogens with zero attached hydrogens (tertiary/aromatic N) is 1. The maximum absolute atomic E-state index is 13.9. The number of fused-ring (bicyclic) bond motifs is 1. The lowest BCUT2D eigenvalue weighted by molar-refractivity contribution is -0.218. The van der Waals surface area contributed by atoms with Crippen molar-refractivity contribution in [2.24, 2.45) is 17.3 Å². The molecule has 4 heterocycles. The lowest BCUT2D eigenvalue weighted by atomic mass is 9.72. The SMILES string of the molecule is C/C(=C\c1csc(C)n1)[C@@H]1C[C@@H]2O[C@@H]2CCC[C@H](C)[C@H](O)[C@@H](C)C(=O)C(C)(C)[C@@H](O[C@H]2O[C@H](CO)[C@H](O)[C@H]2O)CC(=O)O1. The average molecular weight is 626 g/mol. The van der Waals surface area contributed by atoms with Gasteiger partial charge in [0.15, 0.2) is 6.29 Å². The summed E-state index contributed by atoms with van der Waals surface area (Å²) in [7, 11) is 0. The molecule has 11 atom stereocenters. The van der Waals surface area contributed by atoms with Gasteiger partial charge in [-0.3, -0.25) is 9.59 Å². The molecule has 0 aliphatic carbocycles. The lowest BCUT2D eigenvalue weighted by Crippen LogP contribution is -2.49. The third-order valence-electron chi connectivity index (χ3n) is 9.17. The van der Waals surface area contributed by atoms with E-state index in [1.165, 1.54) is 11.3 Å². The molecule has 0 saturated carbocycles. The van der Waals surface area contributed by atoms with Gasteiger partial charge in [-0.15, -0.1) is 11.3 Å². The van der Waals surface area contributed by atoms with Crippen molar-refractivity contribution in [3.8, 4) is 0 Å². The van der Waals surface area contributed by atoms with Crippen LogP contribution in [0.3, 0.4) is 0 Å². The quantitative estimate of drug-likeness (QED) is 0.280. The first-order valence-corrected chi connectivity index (χ1v) is 16.1. The fraction of sp³-hybridized carbons (Fsp3) is 0.774. The Morgan fingerprint density at radius 2 is 1.84 bits per heavy atom. The lowest BCUT2D eigenvalue weighted by Gasteiger charge is -2.38. The summed E-state index contributed by atoms with van der Waals surface area (Å²) in [6, 6.07) is 0. The average Bonchev–Trinajstić information content (AvgIpc) is 3.47. The Bertz CT molecular complexity index is 1150. The molecule has 11 nitrogen and oxygen atoms in total. The van der Waals surface area contributed by atoms with Gasteiger partial charge in [0, 0.05) is 17.7 Å². The molecule has 0 radical (unpaired) electrons. The van der Waals surface area contributed by atoms with Crippen molar-refractivity contribution >= 4 is 29.2 Å². The van der Waals surface area contributed by atoms with Crippen molar-refractivity contribution in [2.45, 2.75) is 129 Å². The summed E-state index contributed by atoms with van der Waals surface area (Å²) in [6.45, 7) is 10.1. The first-order chi connectivity index (χ1) is 20.2. The highest BCUT2D eigenvalue weighted by Crippen LogP contribution is 2.38. The predicted octanol–water partition coefficient (Wildman–Crippen LogP) is 2.55. The molecule has 0 aromatic carbocycles. The van der Waals surface area contributed by atoms with Gasteiger partial charge in [-0.25, -0.2) is 4.98 Å². The summed E-state index contributed by atoms with van der Waals surface area (Å²) in [5.41, 5.74) is 0.246. The zero-order valence-electron chi connectivity index (χ0n) is 25.8. The van der Waals surface area contributed by atoms with Gasteiger partial charge in [-0.1, -0.05) is 34.1 Å². The number of carbonyl (C=O) groups excluding carboxylic acids is 2. The molecule has 0 spiro atoms. The Labute approximate surface area is 257 Å².